The van der Waals surface area contributed by atoms with Gasteiger partial charge in [0.25, 0.3) is 0 Å². The molecule has 0 amide bonds. The standard InChI is InChI=1S/C12H18N2/c1-4-14-8-10(3)13-11-7-5-6-9(2)12(11)14/h5-7,10,13H,4,8H2,1-3H3. The largest absolute Gasteiger partial charge is 0.379 e. The number of rotatable bonds is 1. The Morgan fingerprint density at radius 2 is 2.29 bits per heavy atom. The van der Waals surface area contributed by atoms with Gasteiger partial charge in [0.15, 0.2) is 0 Å². The zero-order valence-electron chi connectivity index (χ0n) is 9.17. The van der Waals surface area contributed by atoms with E-state index >= 15 is 0 Å². The lowest BCUT2D eigenvalue weighted by Crippen LogP contribution is -2.40. The Morgan fingerprint density at radius 3 is 3.00 bits per heavy atom. The van der Waals surface area contributed by atoms with Crippen LogP contribution in [0.25, 0.3) is 0 Å². The number of fused-ring (bicyclic) bond motifs is 1. The fourth-order valence-electron chi connectivity index (χ4n) is 2.22. The monoisotopic (exact) mass is 190 g/mol. The van der Waals surface area contributed by atoms with Crippen molar-refractivity contribution in [2.75, 3.05) is 23.3 Å². The second-order valence-corrected chi connectivity index (χ2v) is 4.06. The van der Waals surface area contributed by atoms with Crippen LogP contribution in [0.5, 0.6) is 0 Å². The van der Waals surface area contributed by atoms with E-state index in [0.717, 1.165) is 13.1 Å². The Kier molecular flexibility index (Phi) is 2.36. The number of aryl methyl sites for hydroxylation is 1. The van der Waals surface area contributed by atoms with Gasteiger partial charge >= 0.3 is 0 Å². The van der Waals surface area contributed by atoms with Crippen molar-refractivity contribution in [1.82, 2.24) is 0 Å². The van der Waals surface area contributed by atoms with Gasteiger partial charge in [-0.15, -0.1) is 0 Å². The molecule has 1 N–H and O–H groups in total. The predicted octanol–water partition coefficient (Wildman–Crippen LogP) is 2.64. The van der Waals surface area contributed by atoms with E-state index in [1.165, 1.54) is 16.9 Å². The fraction of sp³-hybridized carbons (Fsp3) is 0.500. The molecule has 14 heavy (non-hydrogen) atoms. The molecule has 0 radical (unpaired) electrons. The Bertz CT molecular complexity index is 333. The molecule has 76 valence electrons. The van der Waals surface area contributed by atoms with Crippen LogP contribution in [0.2, 0.25) is 0 Å². The van der Waals surface area contributed by atoms with E-state index in [1.54, 1.807) is 0 Å². The van der Waals surface area contributed by atoms with Crippen LogP contribution in [0.15, 0.2) is 18.2 Å². The highest BCUT2D eigenvalue weighted by atomic mass is 15.2. The Labute approximate surface area is 85.9 Å². The van der Waals surface area contributed by atoms with E-state index in [1.807, 2.05) is 0 Å². The number of anilines is 2. The van der Waals surface area contributed by atoms with E-state index in [9.17, 15) is 0 Å². The summed E-state index contributed by atoms with van der Waals surface area (Å²) in [5.41, 5.74) is 4.03. The third-order valence-electron chi connectivity index (χ3n) is 2.83. The minimum absolute atomic E-state index is 0.546. The molecule has 1 aliphatic heterocycles. The molecule has 0 fully saturated rings. The van der Waals surface area contributed by atoms with Gasteiger partial charge in [-0.05, 0) is 32.4 Å². The van der Waals surface area contributed by atoms with Gasteiger partial charge < -0.3 is 10.2 Å². The molecule has 2 nitrogen and oxygen atoms in total. The molecule has 0 aromatic heterocycles. The number of likely N-dealkylation sites (N-methyl/N-ethyl adjacent to an activating group) is 1. The summed E-state index contributed by atoms with van der Waals surface area (Å²) in [5, 5.41) is 3.52. The Hall–Kier alpha value is -1.18. The summed E-state index contributed by atoms with van der Waals surface area (Å²) in [6.45, 7) is 8.82. The Morgan fingerprint density at radius 1 is 1.50 bits per heavy atom. The Balaban J connectivity index is 2.46. The molecule has 0 aliphatic carbocycles. The molecule has 0 bridgehead atoms. The van der Waals surface area contributed by atoms with Gasteiger partial charge in [-0.1, -0.05) is 12.1 Å². The first kappa shape index (κ1) is 9.38. The second-order valence-electron chi connectivity index (χ2n) is 4.06. The normalized spacial score (nSPS) is 20.2. The first-order valence-electron chi connectivity index (χ1n) is 5.33. The average molecular weight is 190 g/mol. The van der Waals surface area contributed by atoms with Crippen LogP contribution in [0, 0.1) is 6.92 Å². The zero-order chi connectivity index (χ0) is 10.1. The number of para-hydroxylation sites is 1. The molecular weight excluding hydrogens is 172 g/mol. The smallest absolute Gasteiger partial charge is 0.0632 e. The summed E-state index contributed by atoms with van der Waals surface area (Å²) in [4.78, 5) is 2.45. The summed E-state index contributed by atoms with van der Waals surface area (Å²) in [5.74, 6) is 0. The molecule has 1 atom stereocenters. The fourth-order valence-corrected chi connectivity index (χ4v) is 2.22. The lowest BCUT2D eigenvalue weighted by atomic mass is 10.1. The second kappa shape index (κ2) is 3.52. The highest BCUT2D eigenvalue weighted by Gasteiger charge is 2.20. The number of hydrogen-bond acceptors (Lipinski definition) is 2. The zero-order valence-corrected chi connectivity index (χ0v) is 9.17. The van der Waals surface area contributed by atoms with E-state index in [4.69, 9.17) is 0 Å². The van der Waals surface area contributed by atoms with Crippen molar-refractivity contribution >= 4 is 11.4 Å². The van der Waals surface area contributed by atoms with E-state index in [-0.39, 0.29) is 0 Å². The van der Waals surface area contributed by atoms with Crippen LogP contribution in [-0.4, -0.2) is 19.1 Å². The number of nitrogens with one attached hydrogen (secondary N) is 1. The molecule has 0 saturated heterocycles. The van der Waals surface area contributed by atoms with Crippen molar-refractivity contribution in [1.29, 1.82) is 0 Å². The quantitative estimate of drug-likeness (QED) is 0.732. The van der Waals surface area contributed by atoms with Crippen LogP contribution in [0.4, 0.5) is 11.4 Å². The molecule has 1 aromatic rings. The molecule has 0 saturated carbocycles. The third-order valence-corrected chi connectivity index (χ3v) is 2.83. The molecule has 1 aliphatic rings. The average Bonchev–Trinajstić information content (AvgIpc) is 2.16. The van der Waals surface area contributed by atoms with E-state index in [0.29, 0.717) is 6.04 Å². The minimum atomic E-state index is 0.546. The number of benzene rings is 1. The molecule has 2 heteroatoms. The minimum Gasteiger partial charge on any atom is -0.379 e. The SMILES string of the molecule is CCN1CC(C)Nc2cccc(C)c21. The molecule has 1 heterocycles. The summed E-state index contributed by atoms with van der Waals surface area (Å²) >= 11 is 0. The van der Waals surface area contributed by atoms with Crippen molar-refractivity contribution in [3.8, 4) is 0 Å². The van der Waals surface area contributed by atoms with Gasteiger partial charge in [0.05, 0.1) is 11.4 Å². The van der Waals surface area contributed by atoms with Crippen molar-refractivity contribution in [2.45, 2.75) is 26.8 Å². The number of nitrogens with zero attached hydrogens (tertiary/aromatic N) is 1. The van der Waals surface area contributed by atoms with Gasteiger partial charge in [0.2, 0.25) is 0 Å². The van der Waals surface area contributed by atoms with Gasteiger partial charge in [0, 0.05) is 19.1 Å². The molecule has 1 aromatic carbocycles. The van der Waals surface area contributed by atoms with Gasteiger partial charge in [-0.25, -0.2) is 0 Å². The first-order chi connectivity index (χ1) is 6.72. The maximum Gasteiger partial charge on any atom is 0.0632 e. The number of hydrogen-bond donors (Lipinski definition) is 1. The lowest BCUT2D eigenvalue weighted by Gasteiger charge is -2.36. The summed E-state index contributed by atoms with van der Waals surface area (Å²) in [6, 6.07) is 7.01. The molecule has 2 rings (SSSR count). The maximum atomic E-state index is 3.52. The third kappa shape index (κ3) is 1.45. The van der Waals surface area contributed by atoms with Gasteiger partial charge in [-0.2, -0.15) is 0 Å². The van der Waals surface area contributed by atoms with Gasteiger partial charge in [-0.3, -0.25) is 0 Å². The van der Waals surface area contributed by atoms with E-state index < -0.39 is 0 Å². The lowest BCUT2D eigenvalue weighted by molar-refractivity contribution is 0.701. The van der Waals surface area contributed by atoms with Crippen molar-refractivity contribution in [3.05, 3.63) is 23.8 Å². The van der Waals surface area contributed by atoms with Gasteiger partial charge in [0.1, 0.15) is 0 Å². The molecular formula is C12H18N2. The van der Waals surface area contributed by atoms with Crippen LogP contribution in [0.3, 0.4) is 0 Å². The summed E-state index contributed by atoms with van der Waals surface area (Å²) in [7, 11) is 0. The van der Waals surface area contributed by atoms with Crippen LogP contribution >= 0.6 is 0 Å². The highest BCUT2D eigenvalue weighted by Crippen LogP contribution is 2.33. The first-order valence-corrected chi connectivity index (χ1v) is 5.33. The van der Waals surface area contributed by atoms with Crippen LogP contribution < -0.4 is 10.2 Å². The van der Waals surface area contributed by atoms with Crippen molar-refractivity contribution in [3.63, 3.8) is 0 Å². The van der Waals surface area contributed by atoms with Crippen molar-refractivity contribution in [2.24, 2.45) is 0 Å². The molecule has 0 spiro atoms. The predicted molar refractivity (Wildman–Crippen MR) is 62.2 cm³/mol. The highest BCUT2D eigenvalue weighted by molar-refractivity contribution is 5.75. The van der Waals surface area contributed by atoms with E-state index in [2.05, 4.69) is 49.2 Å². The topological polar surface area (TPSA) is 15.3 Å². The summed E-state index contributed by atoms with van der Waals surface area (Å²) < 4.78 is 0. The maximum absolute atomic E-state index is 3.52. The van der Waals surface area contributed by atoms with Crippen molar-refractivity contribution < 1.29 is 0 Å². The van der Waals surface area contributed by atoms with Crippen LogP contribution in [-0.2, 0) is 0 Å². The summed E-state index contributed by atoms with van der Waals surface area (Å²) in [6.07, 6.45) is 0. The van der Waals surface area contributed by atoms with Crippen LogP contribution in [0.1, 0.15) is 19.4 Å². The molecule has 1 unspecified atom stereocenters.